The zero-order chi connectivity index (χ0) is 20.4. The van der Waals surface area contributed by atoms with Gasteiger partial charge in [0.15, 0.2) is 5.52 Å². The number of nitrogens with zero attached hydrogens (tertiary/aromatic N) is 3. The lowest BCUT2D eigenvalue weighted by atomic mass is 10.1. The van der Waals surface area contributed by atoms with Gasteiger partial charge in [-0.15, -0.1) is 0 Å². The Morgan fingerprint density at radius 3 is 2.68 bits per heavy atom. The predicted molar refractivity (Wildman–Crippen MR) is 103 cm³/mol. The van der Waals surface area contributed by atoms with Gasteiger partial charge in [0, 0.05) is 6.07 Å². The summed E-state index contributed by atoms with van der Waals surface area (Å²) in [5.41, 5.74) is 0.694. The number of hydrogen-bond donors (Lipinski definition) is 1. The number of hydrogen-bond acceptors (Lipinski definition) is 7. The number of anilines is 1. The molecule has 2 heterocycles. The van der Waals surface area contributed by atoms with Gasteiger partial charge in [0.1, 0.15) is 23.3 Å². The van der Waals surface area contributed by atoms with Crippen LogP contribution < -0.4 is 20.3 Å². The summed E-state index contributed by atoms with van der Waals surface area (Å²) in [4.78, 5) is 25.8. The Kier molecular flexibility index (Phi) is 5.34. The summed E-state index contributed by atoms with van der Waals surface area (Å²) in [5, 5.41) is 11.5. The summed E-state index contributed by atoms with van der Waals surface area (Å²) < 4.78 is 16.8. The summed E-state index contributed by atoms with van der Waals surface area (Å²) in [6, 6.07) is 4.23. The highest BCUT2D eigenvalue weighted by atomic mass is 16.5. The monoisotopic (exact) mass is 386 g/mol. The first-order valence-electron chi connectivity index (χ1n) is 8.79. The number of aromatic nitrogens is 3. The lowest BCUT2D eigenvalue weighted by molar-refractivity contribution is -0.119. The van der Waals surface area contributed by atoms with E-state index in [2.05, 4.69) is 15.6 Å². The molecule has 0 saturated carbocycles. The highest BCUT2D eigenvalue weighted by molar-refractivity contribution is 5.95. The van der Waals surface area contributed by atoms with Crippen molar-refractivity contribution in [3.05, 3.63) is 40.0 Å². The van der Waals surface area contributed by atoms with Gasteiger partial charge in [-0.05, 0) is 32.4 Å². The van der Waals surface area contributed by atoms with Crippen molar-refractivity contribution >= 4 is 22.5 Å². The minimum Gasteiger partial charge on any atom is -0.497 e. The second-order valence-electron chi connectivity index (χ2n) is 6.28. The van der Waals surface area contributed by atoms with Gasteiger partial charge < -0.3 is 19.3 Å². The molecule has 0 aliphatic carbocycles. The zero-order valence-corrected chi connectivity index (χ0v) is 16.4. The Morgan fingerprint density at radius 2 is 2.04 bits per heavy atom. The van der Waals surface area contributed by atoms with Gasteiger partial charge in [0.25, 0.3) is 5.56 Å². The Balaban J connectivity index is 2.01. The number of benzene rings is 1. The van der Waals surface area contributed by atoms with Crippen LogP contribution in [0.1, 0.15) is 30.8 Å². The van der Waals surface area contributed by atoms with Crippen molar-refractivity contribution in [3.8, 4) is 11.5 Å². The quantitative estimate of drug-likeness (QED) is 0.693. The molecule has 9 heteroatoms. The summed E-state index contributed by atoms with van der Waals surface area (Å²) in [6.07, 6.45) is 0.354. The van der Waals surface area contributed by atoms with Crippen LogP contribution in [0.5, 0.6) is 11.5 Å². The van der Waals surface area contributed by atoms with Crippen molar-refractivity contribution in [3.63, 3.8) is 0 Å². The molecule has 148 valence electrons. The largest absolute Gasteiger partial charge is 0.497 e. The number of aryl methyl sites for hydroxylation is 2. The molecule has 2 aromatic heterocycles. The van der Waals surface area contributed by atoms with E-state index in [4.69, 9.17) is 14.0 Å². The first kappa shape index (κ1) is 19.4. The fraction of sp³-hybridized carbons (Fsp3) is 0.368. The first-order valence-corrected chi connectivity index (χ1v) is 8.79. The molecule has 1 atom stereocenters. The van der Waals surface area contributed by atoms with Crippen molar-refractivity contribution in [2.75, 3.05) is 19.5 Å². The van der Waals surface area contributed by atoms with Crippen molar-refractivity contribution in [2.24, 2.45) is 0 Å². The van der Waals surface area contributed by atoms with Crippen LogP contribution in [0, 0.1) is 13.8 Å². The van der Waals surface area contributed by atoms with Crippen LogP contribution in [-0.2, 0) is 4.79 Å². The minimum atomic E-state index is -0.830. The van der Waals surface area contributed by atoms with Crippen molar-refractivity contribution in [1.29, 1.82) is 0 Å². The fourth-order valence-corrected chi connectivity index (χ4v) is 3.12. The Labute approximate surface area is 161 Å². The molecule has 9 nitrogen and oxygen atoms in total. The van der Waals surface area contributed by atoms with Gasteiger partial charge in [0.05, 0.1) is 31.0 Å². The van der Waals surface area contributed by atoms with Crippen LogP contribution in [0.2, 0.25) is 0 Å². The molecule has 0 bridgehead atoms. The number of rotatable bonds is 6. The lowest BCUT2D eigenvalue weighted by Gasteiger charge is -2.18. The Morgan fingerprint density at radius 1 is 1.29 bits per heavy atom. The first-order chi connectivity index (χ1) is 13.4. The molecule has 0 spiro atoms. The van der Waals surface area contributed by atoms with E-state index in [1.165, 1.54) is 14.2 Å². The highest BCUT2D eigenvalue weighted by Crippen LogP contribution is 2.30. The second kappa shape index (κ2) is 7.71. The van der Waals surface area contributed by atoms with Crippen molar-refractivity contribution < 1.29 is 18.8 Å². The zero-order valence-electron chi connectivity index (χ0n) is 16.4. The maximum atomic E-state index is 13.0. The van der Waals surface area contributed by atoms with E-state index in [1.807, 2.05) is 0 Å². The fourth-order valence-electron chi connectivity index (χ4n) is 3.12. The minimum absolute atomic E-state index is 0.162. The Hall–Kier alpha value is -3.36. The van der Waals surface area contributed by atoms with Crippen LogP contribution in [0.15, 0.2) is 27.5 Å². The van der Waals surface area contributed by atoms with Gasteiger partial charge in [0.2, 0.25) is 5.91 Å². The van der Waals surface area contributed by atoms with Crippen LogP contribution >= 0.6 is 0 Å². The molecule has 28 heavy (non-hydrogen) atoms. The maximum absolute atomic E-state index is 13.0. The van der Waals surface area contributed by atoms with E-state index in [1.54, 1.807) is 39.0 Å². The predicted octanol–water partition coefficient (Wildman–Crippen LogP) is 2.61. The van der Waals surface area contributed by atoms with E-state index < -0.39 is 17.5 Å². The summed E-state index contributed by atoms with van der Waals surface area (Å²) in [6.45, 7) is 5.26. The number of carbonyl (C=O) groups excluding carboxylic acids is 1. The normalized spacial score (nSPS) is 12.0. The molecule has 1 amide bonds. The average molecular weight is 386 g/mol. The van der Waals surface area contributed by atoms with Gasteiger partial charge in [-0.2, -0.15) is 5.10 Å². The number of methoxy groups -OCH3 is 2. The molecule has 0 aliphatic heterocycles. The number of ether oxygens (including phenoxy) is 2. The van der Waals surface area contributed by atoms with E-state index in [9.17, 15) is 9.59 Å². The molecule has 1 N–H and O–H groups in total. The molecule has 0 fully saturated rings. The van der Waals surface area contributed by atoms with Crippen LogP contribution in [-0.4, -0.2) is 35.1 Å². The molecule has 3 rings (SSSR count). The number of nitrogens with one attached hydrogen (secondary N) is 1. The number of carbonyl (C=O) groups is 1. The molecule has 0 unspecified atom stereocenters. The molecule has 1 aromatic carbocycles. The van der Waals surface area contributed by atoms with Crippen LogP contribution in [0.4, 0.5) is 5.69 Å². The average Bonchev–Trinajstić information content (AvgIpc) is 3.08. The van der Waals surface area contributed by atoms with Crippen LogP contribution in [0.25, 0.3) is 10.9 Å². The summed E-state index contributed by atoms with van der Waals surface area (Å²) >= 11 is 0. The second-order valence-corrected chi connectivity index (χ2v) is 6.28. The molecular weight excluding hydrogens is 364 g/mol. The van der Waals surface area contributed by atoms with Crippen LogP contribution in [0.3, 0.4) is 0 Å². The maximum Gasteiger partial charge on any atom is 0.297 e. The third-order valence-electron chi connectivity index (χ3n) is 4.54. The van der Waals surface area contributed by atoms with E-state index in [-0.39, 0.29) is 5.52 Å². The Bertz CT molecular complexity index is 1090. The molecule has 0 saturated heterocycles. The lowest BCUT2D eigenvalue weighted by Crippen LogP contribution is -2.35. The molecular formula is C19H22N4O5. The van der Waals surface area contributed by atoms with E-state index in [0.717, 1.165) is 4.68 Å². The topological polar surface area (TPSA) is 108 Å². The van der Waals surface area contributed by atoms with Crippen molar-refractivity contribution in [1.82, 2.24) is 14.9 Å². The third-order valence-corrected chi connectivity index (χ3v) is 4.54. The highest BCUT2D eigenvalue weighted by Gasteiger charge is 2.25. The SMILES string of the molecule is CC[C@H](C(=O)Nc1cc(OC)ccc1OC)n1nc(C)c2c(C)onc2c1=O. The van der Waals surface area contributed by atoms with E-state index >= 15 is 0 Å². The smallest absolute Gasteiger partial charge is 0.297 e. The van der Waals surface area contributed by atoms with Gasteiger partial charge >= 0.3 is 0 Å². The van der Waals surface area contributed by atoms with Crippen molar-refractivity contribution in [2.45, 2.75) is 33.2 Å². The molecule has 0 radical (unpaired) electrons. The molecule has 0 aliphatic rings. The van der Waals surface area contributed by atoms with E-state index in [0.29, 0.717) is 40.4 Å². The standard InChI is InChI=1S/C19H22N4O5/c1-6-14(18(24)20-13-9-12(26-4)7-8-15(13)27-5)23-19(25)17-16(10(2)21-23)11(3)28-22-17/h7-9,14H,6H2,1-5H3,(H,20,24)/t14-/m1/s1. The molecule has 3 aromatic rings. The summed E-state index contributed by atoms with van der Waals surface area (Å²) in [5.74, 6) is 1.16. The summed E-state index contributed by atoms with van der Waals surface area (Å²) in [7, 11) is 3.04. The van der Waals surface area contributed by atoms with Gasteiger partial charge in [-0.3, -0.25) is 9.59 Å². The third kappa shape index (κ3) is 3.30. The number of amides is 1. The van der Waals surface area contributed by atoms with Gasteiger partial charge in [-0.25, -0.2) is 4.68 Å². The number of fused-ring (bicyclic) bond motifs is 1. The van der Waals surface area contributed by atoms with Gasteiger partial charge in [-0.1, -0.05) is 12.1 Å².